The van der Waals surface area contributed by atoms with Crippen LogP contribution in [0.3, 0.4) is 0 Å². The number of anilines is 2. The zero-order valence-corrected chi connectivity index (χ0v) is 12.1. The molecule has 2 amide bonds. The van der Waals surface area contributed by atoms with Crippen LogP contribution in [-0.4, -0.2) is 22.0 Å². The average molecular weight is 286 g/mol. The van der Waals surface area contributed by atoms with E-state index in [1.54, 1.807) is 18.2 Å². The van der Waals surface area contributed by atoms with Gasteiger partial charge in [-0.15, -0.1) is 0 Å². The molecule has 1 aromatic heterocycles. The van der Waals surface area contributed by atoms with Crippen LogP contribution >= 0.6 is 0 Å². The molecule has 0 fully saturated rings. The van der Waals surface area contributed by atoms with Crippen LogP contribution < -0.4 is 10.6 Å². The number of aromatic amines is 1. The predicted molar refractivity (Wildman–Crippen MR) is 81.0 cm³/mol. The maximum absolute atomic E-state index is 11.8. The van der Waals surface area contributed by atoms with E-state index in [0.717, 1.165) is 24.1 Å². The van der Waals surface area contributed by atoms with E-state index < -0.39 is 11.8 Å². The summed E-state index contributed by atoms with van der Waals surface area (Å²) in [6.07, 6.45) is 1.82. The number of aryl methyl sites for hydroxylation is 2. The quantitative estimate of drug-likeness (QED) is 0.753. The van der Waals surface area contributed by atoms with E-state index in [2.05, 4.69) is 20.8 Å². The van der Waals surface area contributed by atoms with E-state index in [1.165, 1.54) is 0 Å². The van der Waals surface area contributed by atoms with Crippen LogP contribution in [0.15, 0.2) is 30.3 Å². The van der Waals surface area contributed by atoms with Crippen LogP contribution in [0.5, 0.6) is 0 Å². The van der Waals surface area contributed by atoms with Crippen molar-refractivity contribution in [1.29, 1.82) is 0 Å². The average Bonchev–Trinajstić information content (AvgIpc) is 2.89. The lowest BCUT2D eigenvalue weighted by atomic mass is 10.2. The first kappa shape index (κ1) is 14.8. The summed E-state index contributed by atoms with van der Waals surface area (Å²) in [5.41, 5.74) is 2.58. The second-order valence-corrected chi connectivity index (χ2v) is 4.80. The molecule has 2 aromatic rings. The minimum atomic E-state index is -0.745. The lowest BCUT2D eigenvalue weighted by Gasteiger charge is -2.04. The van der Waals surface area contributed by atoms with Crippen molar-refractivity contribution in [3.05, 3.63) is 41.6 Å². The molecule has 2 rings (SSSR count). The number of carbonyl (C=O) groups is 2. The van der Waals surface area contributed by atoms with Crippen LogP contribution in [0.25, 0.3) is 0 Å². The number of aromatic nitrogens is 2. The van der Waals surface area contributed by atoms with Crippen molar-refractivity contribution >= 4 is 23.3 Å². The van der Waals surface area contributed by atoms with Gasteiger partial charge in [0.25, 0.3) is 0 Å². The molecule has 21 heavy (non-hydrogen) atoms. The van der Waals surface area contributed by atoms with Gasteiger partial charge in [-0.1, -0.05) is 31.0 Å². The second kappa shape index (κ2) is 6.69. The lowest BCUT2D eigenvalue weighted by Crippen LogP contribution is -2.29. The number of carbonyl (C=O) groups excluding carboxylic acids is 2. The van der Waals surface area contributed by atoms with E-state index in [9.17, 15) is 9.59 Å². The smallest absolute Gasteiger partial charge is 0.315 e. The van der Waals surface area contributed by atoms with E-state index in [-0.39, 0.29) is 0 Å². The molecule has 0 unspecified atom stereocenters. The minimum absolute atomic E-state index is 0.350. The fourth-order valence-electron chi connectivity index (χ4n) is 1.82. The van der Waals surface area contributed by atoms with Crippen LogP contribution in [0, 0.1) is 6.92 Å². The highest BCUT2D eigenvalue weighted by Gasteiger charge is 2.15. The van der Waals surface area contributed by atoms with Gasteiger partial charge in [0.05, 0.1) is 0 Å². The van der Waals surface area contributed by atoms with E-state index in [4.69, 9.17) is 0 Å². The summed E-state index contributed by atoms with van der Waals surface area (Å²) in [4.78, 5) is 23.5. The number of nitrogens with zero attached hydrogens (tertiary/aromatic N) is 1. The predicted octanol–water partition coefficient (Wildman–Crippen LogP) is 2.25. The van der Waals surface area contributed by atoms with Crippen LogP contribution in [-0.2, 0) is 16.0 Å². The van der Waals surface area contributed by atoms with E-state index in [0.29, 0.717) is 11.5 Å². The Bertz CT molecular complexity index is 631. The summed E-state index contributed by atoms with van der Waals surface area (Å²) in [6.45, 7) is 4.00. The number of rotatable bonds is 4. The molecular weight excluding hydrogens is 268 g/mol. The third-order valence-electron chi connectivity index (χ3n) is 2.91. The Morgan fingerprint density at radius 3 is 2.48 bits per heavy atom. The highest BCUT2D eigenvalue weighted by molar-refractivity contribution is 6.43. The molecule has 0 aliphatic carbocycles. The van der Waals surface area contributed by atoms with Crippen molar-refractivity contribution in [2.75, 3.05) is 10.6 Å². The summed E-state index contributed by atoms with van der Waals surface area (Å²) >= 11 is 0. The zero-order chi connectivity index (χ0) is 15.2. The van der Waals surface area contributed by atoms with Crippen molar-refractivity contribution in [3.63, 3.8) is 0 Å². The van der Waals surface area contributed by atoms with Crippen molar-refractivity contribution in [3.8, 4) is 0 Å². The molecular formula is C15H18N4O2. The minimum Gasteiger partial charge on any atom is -0.318 e. The summed E-state index contributed by atoms with van der Waals surface area (Å²) in [7, 11) is 0. The number of hydrogen-bond acceptors (Lipinski definition) is 3. The van der Waals surface area contributed by atoms with Gasteiger partial charge in [-0.25, -0.2) is 0 Å². The van der Waals surface area contributed by atoms with E-state index >= 15 is 0 Å². The van der Waals surface area contributed by atoms with Crippen LogP contribution in [0.1, 0.15) is 24.6 Å². The Balaban J connectivity index is 1.92. The third kappa shape index (κ3) is 4.17. The molecule has 0 bridgehead atoms. The Morgan fingerprint density at radius 1 is 1.14 bits per heavy atom. The van der Waals surface area contributed by atoms with Crippen molar-refractivity contribution < 1.29 is 9.59 Å². The first-order valence-corrected chi connectivity index (χ1v) is 6.81. The SMILES string of the molecule is CCCc1cc(NC(=O)C(=O)Nc2ccc(C)cc2)n[nH]1. The van der Waals surface area contributed by atoms with Gasteiger partial charge in [-0.2, -0.15) is 5.10 Å². The summed E-state index contributed by atoms with van der Waals surface area (Å²) in [5, 5.41) is 11.7. The molecule has 6 heteroatoms. The molecule has 0 aliphatic rings. The molecule has 0 aliphatic heterocycles. The Hall–Kier alpha value is -2.63. The fourth-order valence-corrected chi connectivity index (χ4v) is 1.82. The Morgan fingerprint density at radius 2 is 1.81 bits per heavy atom. The maximum atomic E-state index is 11.8. The number of H-pyrrole nitrogens is 1. The highest BCUT2D eigenvalue weighted by Crippen LogP contribution is 2.10. The van der Waals surface area contributed by atoms with Gasteiger partial charge < -0.3 is 10.6 Å². The van der Waals surface area contributed by atoms with Crippen molar-refractivity contribution in [1.82, 2.24) is 10.2 Å². The zero-order valence-electron chi connectivity index (χ0n) is 12.1. The van der Waals surface area contributed by atoms with Gasteiger partial charge >= 0.3 is 11.8 Å². The first-order chi connectivity index (χ1) is 10.1. The van der Waals surface area contributed by atoms with Crippen LogP contribution in [0.4, 0.5) is 11.5 Å². The number of hydrogen-bond donors (Lipinski definition) is 3. The molecule has 3 N–H and O–H groups in total. The van der Waals surface area contributed by atoms with Gasteiger partial charge in [0.2, 0.25) is 0 Å². The number of nitrogens with one attached hydrogen (secondary N) is 3. The monoisotopic (exact) mass is 286 g/mol. The Labute approximate surface area is 122 Å². The van der Waals surface area contributed by atoms with Gasteiger partial charge in [0.15, 0.2) is 5.82 Å². The number of benzene rings is 1. The molecule has 6 nitrogen and oxygen atoms in total. The Kier molecular flexibility index (Phi) is 4.71. The molecule has 0 atom stereocenters. The molecule has 0 radical (unpaired) electrons. The molecule has 110 valence electrons. The number of amides is 2. The maximum Gasteiger partial charge on any atom is 0.315 e. The van der Waals surface area contributed by atoms with Crippen molar-refractivity contribution in [2.45, 2.75) is 26.7 Å². The third-order valence-corrected chi connectivity index (χ3v) is 2.91. The van der Waals surface area contributed by atoms with Gasteiger partial charge in [0.1, 0.15) is 0 Å². The van der Waals surface area contributed by atoms with Gasteiger partial charge in [-0.05, 0) is 25.5 Å². The molecule has 0 saturated heterocycles. The lowest BCUT2D eigenvalue weighted by molar-refractivity contribution is -0.133. The second-order valence-electron chi connectivity index (χ2n) is 4.80. The van der Waals surface area contributed by atoms with Gasteiger partial charge in [-0.3, -0.25) is 14.7 Å². The normalized spacial score (nSPS) is 10.2. The highest BCUT2D eigenvalue weighted by atomic mass is 16.2. The summed E-state index contributed by atoms with van der Waals surface area (Å²) in [6, 6.07) is 8.93. The topological polar surface area (TPSA) is 86.9 Å². The molecule has 1 heterocycles. The van der Waals surface area contributed by atoms with Gasteiger partial charge in [0, 0.05) is 17.4 Å². The summed E-state index contributed by atoms with van der Waals surface area (Å²) in [5.74, 6) is -1.12. The largest absolute Gasteiger partial charge is 0.318 e. The van der Waals surface area contributed by atoms with Crippen LogP contribution in [0.2, 0.25) is 0 Å². The standard InChI is InChI=1S/C15H18N4O2/c1-3-4-12-9-13(19-18-12)17-15(21)14(20)16-11-7-5-10(2)6-8-11/h5-9H,3-4H2,1-2H3,(H,16,20)(H2,17,18,19,21). The van der Waals surface area contributed by atoms with E-state index in [1.807, 2.05) is 26.0 Å². The fraction of sp³-hybridized carbons (Fsp3) is 0.267. The molecule has 1 aromatic carbocycles. The first-order valence-electron chi connectivity index (χ1n) is 6.81. The molecule has 0 saturated carbocycles. The summed E-state index contributed by atoms with van der Waals surface area (Å²) < 4.78 is 0. The van der Waals surface area contributed by atoms with Crippen molar-refractivity contribution in [2.24, 2.45) is 0 Å². The molecule has 0 spiro atoms.